The van der Waals surface area contributed by atoms with Crippen molar-refractivity contribution in [3.63, 3.8) is 0 Å². The Morgan fingerprint density at radius 1 is 1.33 bits per heavy atom. The fourth-order valence-corrected chi connectivity index (χ4v) is 3.69. The molecule has 1 heterocycles. The number of fused-ring (bicyclic) bond motifs is 1. The lowest BCUT2D eigenvalue weighted by atomic mass is 10.0. The maximum absolute atomic E-state index is 12.0. The molecule has 0 amide bonds. The summed E-state index contributed by atoms with van der Waals surface area (Å²) in [5, 5.41) is 3.60. The van der Waals surface area contributed by atoms with Crippen molar-refractivity contribution >= 4 is 29.0 Å². The van der Waals surface area contributed by atoms with Crippen molar-refractivity contribution in [2.45, 2.75) is 44.6 Å². The maximum Gasteiger partial charge on any atom is 0.358 e. The van der Waals surface area contributed by atoms with E-state index in [0.717, 1.165) is 25.7 Å². The van der Waals surface area contributed by atoms with E-state index in [-0.39, 0.29) is 16.8 Å². The molecule has 1 fully saturated rings. The van der Waals surface area contributed by atoms with Gasteiger partial charge in [0.1, 0.15) is 16.7 Å². The molecule has 4 rings (SSSR count). The van der Waals surface area contributed by atoms with E-state index < -0.39 is 5.97 Å². The predicted octanol–water partition coefficient (Wildman–Crippen LogP) is 4.62. The summed E-state index contributed by atoms with van der Waals surface area (Å²) >= 11 is 6.42. The van der Waals surface area contributed by atoms with E-state index in [4.69, 9.17) is 16.3 Å². The first kappa shape index (κ1) is 18.0. The standard InChI is InChI=1S/C21H22ClN3O2/c1-12(11-15-10-7-13-5-3-4-6-16(13)15)23-20-17(22)18(21(26)27-2)24-19(25-20)14-8-9-14/h3-6,10,12,14H,7-9,11H2,1-2H3,(H,23,24,25). The maximum atomic E-state index is 12.0. The van der Waals surface area contributed by atoms with Crippen molar-refractivity contribution in [2.75, 3.05) is 12.4 Å². The lowest BCUT2D eigenvalue weighted by molar-refractivity contribution is 0.0593. The number of hydrogen-bond donors (Lipinski definition) is 1. The number of carbonyl (C=O) groups is 1. The highest BCUT2D eigenvalue weighted by atomic mass is 35.5. The monoisotopic (exact) mass is 383 g/mol. The molecule has 1 saturated carbocycles. The summed E-state index contributed by atoms with van der Waals surface area (Å²) in [6.07, 6.45) is 6.19. The second-order valence-corrected chi connectivity index (χ2v) is 7.58. The third-order valence-corrected chi connectivity index (χ3v) is 5.39. The van der Waals surface area contributed by atoms with E-state index in [1.54, 1.807) is 0 Å². The second-order valence-electron chi connectivity index (χ2n) is 7.20. The average Bonchev–Trinajstić information content (AvgIpc) is 3.45. The van der Waals surface area contributed by atoms with Crippen LogP contribution in [0.3, 0.4) is 0 Å². The van der Waals surface area contributed by atoms with E-state index in [9.17, 15) is 4.79 Å². The highest BCUT2D eigenvalue weighted by molar-refractivity contribution is 6.35. The molecular formula is C21H22ClN3O2. The SMILES string of the molecule is COC(=O)c1nc(C2CC2)nc(NC(C)CC2=CCc3ccccc32)c1Cl. The first-order chi connectivity index (χ1) is 13.1. The van der Waals surface area contributed by atoms with E-state index in [1.807, 2.05) is 0 Å². The Morgan fingerprint density at radius 2 is 2.11 bits per heavy atom. The third-order valence-electron chi connectivity index (χ3n) is 5.03. The summed E-state index contributed by atoms with van der Waals surface area (Å²) in [5.74, 6) is 0.951. The van der Waals surface area contributed by atoms with Crippen molar-refractivity contribution in [2.24, 2.45) is 0 Å². The molecule has 1 unspecified atom stereocenters. The zero-order chi connectivity index (χ0) is 19.0. The number of allylic oxidation sites excluding steroid dienone is 1. The van der Waals surface area contributed by atoms with Gasteiger partial charge in [-0.1, -0.05) is 41.9 Å². The molecule has 2 aliphatic carbocycles. The molecule has 0 saturated heterocycles. The average molecular weight is 384 g/mol. The molecule has 0 radical (unpaired) electrons. The second kappa shape index (κ2) is 7.31. The van der Waals surface area contributed by atoms with Crippen LogP contribution in [-0.2, 0) is 11.2 Å². The highest BCUT2D eigenvalue weighted by Crippen LogP contribution is 2.40. The van der Waals surface area contributed by atoms with Gasteiger partial charge in [0, 0.05) is 12.0 Å². The van der Waals surface area contributed by atoms with Gasteiger partial charge in [-0.3, -0.25) is 0 Å². The van der Waals surface area contributed by atoms with Gasteiger partial charge in [-0.05, 0) is 49.3 Å². The number of esters is 1. The molecule has 0 spiro atoms. The molecule has 5 nitrogen and oxygen atoms in total. The molecule has 1 N–H and O–H groups in total. The summed E-state index contributed by atoms with van der Waals surface area (Å²) in [5.41, 5.74) is 4.14. The predicted molar refractivity (Wildman–Crippen MR) is 106 cm³/mol. The molecule has 1 aromatic carbocycles. The summed E-state index contributed by atoms with van der Waals surface area (Å²) in [7, 11) is 1.33. The van der Waals surface area contributed by atoms with Crippen LogP contribution in [0.5, 0.6) is 0 Å². The van der Waals surface area contributed by atoms with Crippen LogP contribution in [0, 0.1) is 0 Å². The van der Waals surface area contributed by atoms with E-state index in [1.165, 1.54) is 23.8 Å². The van der Waals surface area contributed by atoms with Crippen LogP contribution in [-0.4, -0.2) is 29.1 Å². The molecule has 0 aliphatic heterocycles. The van der Waals surface area contributed by atoms with Crippen molar-refractivity contribution in [3.8, 4) is 0 Å². The fourth-order valence-electron chi connectivity index (χ4n) is 3.48. The Bertz CT molecular complexity index is 922. The van der Waals surface area contributed by atoms with Gasteiger partial charge in [-0.2, -0.15) is 0 Å². The minimum Gasteiger partial charge on any atom is -0.464 e. The minimum absolute atomic E-state index is 0.104. The Morgan fingerprint density at radius 3 is 2.85 bits per heavy atom. The molecule has 140 valence electrons. The highest BCUT2D eigenvalue weighted by Gasteiger charge is 2.30. The Balaban J connectivity index is 1.55. The van der Waals surface area contributed by atoms with Crippen molar-refractivity contribution < 1.29 is 9.53 Å². The molecule has 0 bridgehead atoms. The van der Waals surface area contributed by atoms with Crippen LogP contribution < -0.4 is 5.32 Å². The number of nitrogens with one attached hydrogen (secondary N) is 1. The van der Waals surface area contributed by atoms with Gasteiger partial charge in [0.05, 0.1) is 7.11 Å². The number of nitrogens with zero attached hydrogens (tertiary/aromatic N) is 2. The van der Waals surface area contributed by atoms with Gasteiger partial charge >= 0.3 is 5.97 Å². The molecule has 2 aliphatic rings. The number of halogens is 1. The van der Waals surface area contributed by atoms with Gasteiger partial charge in [0.25, 0.3) is 0 Å². The number of ether oxygens (including phenoxy) is 1. The van der Waals surface area contributed by atoms with Crippen molar-refractivity contribution in [1.29, 1.82) is 0 Å². The normalized spacial score (nSPS) is 16.5. The molecule has 6 heteroatoms. The fraction of sp³-hybridized carbons (Fsp3) is 0.381. The van der Waals surface area contributed by atoms with Gasteiger partial charge in [-0.25, -0.2) is 14.8 Å². The zero-order valence-corrected chi connectivity index (χ0v) is 16.2. The Hall–Kier alpha value is -2.40. The third kappa shape index (κ3) is 3.69. The number of anilines is 1. The number of methoxy groups -OCH3 is 1. The largest absolute Gasteiger partial charge is 0.464 e. The first-order valence-corrected chi connectivity index (χ1v) is 9.64. The number of benzene rings is 1. The molecule has 1 aromatic heterocycles. The molecular weight excluding hydrogens is 362 g/mol. The van der Waals surface area contributed by atoms with Gasteiger partial charge < -0.3 is 10.1 Å². The Kier molecular flexibility index (Phi) is 4.87. The van der Waals surface area contributed by atoms with E-state index in [0.29, 0.717) is 17.6 Å². The zero-order valence-electron chi connectivity index (χ0n) is 15.5. The van der Waals surface area contributed by atoms with Crippen molar-refractivity contribution in [3.05, 3.63) is 58.0 Å². The van der Waals surface area contributed by atoms with Crippen LogP contribution in [0.25, 0.3) is 5.57 Å². The molecule has 2 aromatic rings. The van der Waals surface area contributed by atoms with Crippen LogP contribution in [0.4, 0.5) is 5.82 Å². The van der Waals surface area contributed by atoms with Gasteiger partial charge in [-0.15, -0.1) is 0 Å². The first-order valence-electron chi connectivity index (χ1n) is 9.26. The van der Waals surface area contributed by atoms with Crippen LogP contribution >= 0.6 is 11.6 Å². The summed E-state index contributed by atoms with van der Waals surface area (Å²) in [4.78, 5) is 21.0. The number of carbonyl (C=O) groups excluding carboxylic acids is 1. The van der Waals surface area contributed by atoms with E-state index >= 15 is 0 Å². The quantitative estimate of drug-likeness (QED) is 0.737. The van der Waals surface area contributed by atoms with Crippen LogP contribution in [0.15, 0.2) is 30.3 Å². The lowest BCUT2D eigenvalue weighted by Gasteiger charge is -2.18. The molecule has 27 heavy (non-hydrogen) atoms. The van der Waals surface area contributed by atoms with Gasteiger partial charge in [0.15, 0.2) is 5.69 Å². The van der Waals surface area contributed by atoms with Crippen LogP contribution in [0.2, 0.25) is 5.02 Å². The van der Waals surface area contributed by atoms with Crippen LogP contribution in [0.1, 0.15) is 59.5 Å². The number of aromatic nitrogens is 2. The number of hydrogen-bond acceptors (Lipinski definition) is 5. The lowest BCUT2D eigenvalue weighted by Crippen LogP contribution is -2.19. The van der Waals surface area contributed by atoms with Crippen molar-refractivity contribution in [1.82, 2.24) is 9.97 Å². The summed E-state index contributed by atoms with van der Waals surface area (Å²) < 4.78 is 4.83. The minimum atomic E-state index is -0.535. The van der Waals surface area contributed by atoms with E-state index in [2.05, 4.69) is 52.5 Å². The summed E-state index contributed by atoms with van der Waals surface area (Å²) in [6.45, 7) is 2.09. The Labute approximate surface area is 163 Å². The topological polar surface area (TPSA) is 64.1 Å². The molecule has 1 atom stereocenters. The smallest absolute Gasteiger partial charge is 0.358 e. The number of rotatable bonds is 6. The van der Waals surface area contributed by atoms with Gasteiger partial charge in [0.2, 0.25) is 0 Å². The summed E-state index contributed by atoms with van der Waals surface area (Å²) in [6, 6.07) is 8.59.